The molecular formula is C22H29FN2O2. The number of hydrogen-bond acceptors (Lipinski definition) is 4. The lowest BCUT2D eigenvalue weighted by Gasteiger charge is -2.32. The van der Waals surface area contributed by atoms with Gasteiger partial charge in [-0.1, -0.05) is 31.0 Å². The van der Waals surface area contributed by atoms with Gasteiger partial charge in [0.2, 0.25) is 5.88 Å². The van der Waals surface area contributed by atoms with Gasteiger partial charge in [-0.05, 0) is 43.6 Å². The van der Waals surface area contributed by atoms with Gasteiger partial charge in [0.15, 0.2) is 0 Å². The number of methoxy groups -OCH3 is 2. The molecule has 0 saturated heterocycles. The molecule has 27 heavy (non-hydrogen) atoms. The van der Waals surface area contributed by atoms with Crippen LogP contribution < -0.4 is 4.74 Å². The molecule has 4 nitrogen and oxygen atoms in total. The highest BCUT2D eigenvalue weighted by atomic mass is 19.1. The maximum atomic E-state index is 14.7. The van der Waals surface area contributed by atoms with Crippen LogP contribution in [0.15, 0.2) is 30.5 Å². The lowest BCUT2D eigenvalue weighted by Crippen LogP contribution is -2.29. The van der Waals surface area contributed by atoms with Gasteiger partial charge in [-0.2, -0.15) is 0 Å². The number of rotatable bonds is 7. The Labute approximate surface area is 161 Å². The zero-order valence-corrected chi connectivity index (χ0v) is 16.7. The first-order chi connectivity index (χ1) is 13.0. The molecular weight excluding hydrogens is 343 g/mol. The Balaban J connectivity index is 2.19. The fraction of sp³-hybridized carbons (Fsp3) is 0.500. The molecule has 1 aromatic carbocycles. The zero-order chi connectivity index (χ0) is 19.4. The third-order valence-corrected chi connectivity index (χ3v) is 5.46. The number of nitrogens with zero attached hydrogens (tertiary/aromatic N) is 2. The van der Waals surface area contributed by atoms with Crippen LogP contribution in [0, 0.1) is 5.82 Å². The van der Waals surface area contributed by atoms with Crippen molar-refractivity contribution in [1.82, 2.24) is 9.88 Å². The summed E-state index contributed by atoms with van der Waals surface area (Å²) in [6, 6.07) is 8.06. The van der Waals surface area contributed by atoms with Crippen LogP contribution in [0.4, 0.5) is 4.39 Å². The quantitative estimate of drug-likeness (QED) is 0.721. The van der Waals surface area contributed by atoms with Crippen molar-refractivity contribution in [2.75, 3.05) is 34.9 Å². The van der Waals surface area contributed by atoms with Crippen LogP contribution in [0.2, 0.25) is 0 Å². The molecule has 146 valence electrons. The van der Waals surface area contributed by atoms with Crippen molar-refractivity contribution in [2.24, 2.45) is 0 Å². The Kier molecular flexibility index (Phi) is 6.12. The number of benzene rings is 1. The van der Waals surface area contributed by atoms with E-state index in [1.165, 1.54) is 30.2 Å². The van der Waals surface area contributed by atoms with Crippen molar-refractivity contribution in [3.63, 3.8) is 0 Å². The molecule has 1 fully saturated rings. The maximum Gasteiger partial charge on any atom is 0.213 e. The highest BCUT2D eigenvalue weighted by Crippen LogP contribution is 2.46. The molecule has 5 heteroatoms. The average Bonchev–Trinajstić information content (AvgIpc) is 3.12. The van der Waals surface area contributed by atoms with Crippen molar-refractivity contribution in [3.05, 3.63) is 47.4 Å². The molecule has 0 N–H and O–H groups in total. The summed E-state index contributed by atoms with van der Waals surface area (Å²) in [5.74, 6) is 0.0879. The van der Waals surface area contributed by atoms with Gasteiger partial charge in [0, 0.05) is 30.7 Å². The Morgan fingerprint density at radius 3 is 2.48 bits per heavy atom. The molecule has 0 unspecified atom stereocenters. The van der Waals surface area contributed by atoms with E-state index < -0.39 is 0 Å². The summed E-state index contributed by atoms with van der Waals surface area (Å²) in [6.07, 6.45) is 5.70. The van der Waals surface area contributed by atoms with Crippen molar-refractivity contribution in [2.45, 2.75) is 37.6 Å². The summed E-state index contributed by atoms with van der Waals surface area (Å²) in [6.45, 7) is 1.49. The highest BCUT2D eigenvalue weighted by molar-refractivity contribution is 5.71. The number of hydrogen-bond donors (Lipinski definition) is 0. The predicted molar refractivity (Wildman–Crippen MR) is 106 cm³/mol. The molecule has 3 rings (SSSR count). The molecule has 1 aliphatic rings. The first-order valence-electron chi connectivity index (χ1n) is 9.46. The summed E-state index contributed by atoms with van der Waals surface area (Å²) in [5.41, 5.74) is 3.77. The lowest BCUT2D eigenvalue weighted by atomic mass is 9.75. The molecule has 1 heterocycles. The van der Waals surface area contributed by atoms with E-state index in [-0.39, 0.29) is 11.2 Å². The van der Waals surface area contributed by atoms with Crippen LogP contribution in [0.1, 0.15) is 36.8 Å². The summed E-state index contributed by atoms with van der Waals surface area (Å²) in [5, 5.41) is 0. The molecule has 1 aliphatic carbocycles. The van der Waals surface area contributed by atoms with E-state index in [0.717, 1.165) is 24.9 Å². The van der Waals surface area contributed by atoms with Gasteiger partial charge in [-0.15, -0.1) is 0 Å². The van der Waals surface area contributed by atoms with Crippen molar-refractivity contribution in [1.29, 1.82) is 0 Å². The van der Waals surface area contributed by atoms with E-state index in [1.807, 2.05) is 6.07 Å². The Hall–Kier alpha value is -1.98. The van der Waals surface area contributed by atoms with Crippen molar-refractivity contribution in [3.8, 4) is 17.0 Å². The van der Waals surface area contributed by atoms with Gasteiger partial charge >= 0.3 is 0 Å². The number of pyridine rings is 1. The van der Waals surface area contributed by atoms with Crippen LogP contribution in [-0.4, -0.2) is 44.8 Å². The van der Waals surface area contributed by atoms with Gasteiger partial charge in [-0.3, -0.25) is 0 Å². The molecule has 1 aromatic heterocycles. The Morgan fingerprint density at radius 2 is 1.85 bits per heavy atom. The van der Waals surface area contributed by atoms with E-state index in [4.69, 9.17) is 9.47 Å². The minimum absolute atomic E-state index is 0.0741. The highest BCUT2D eigenvalue weighted by Gasteiger charge is 2.38. The van der Waals surface area contributed by atoms with Crippen LogP contribution >= 0.6 is 0 Å². The van der Waals surface area contributed by atoms with Gasteiger partial charge in [-0.25, -0.2) is 9.37 Å². The summed E-state index contributed by atoms with van der Waals surface area (Å²) in [7, 11) is 7.41. The molecule has 0 bridgehead atoms. The standard InChI is InChI=1S/C22H29FN2O2/c1-25(2)14-16-7-8-17(18-12-21(27-4)24-13-20(18)23)19(11-16)22(15-26-3)9-5-6-10-22/h7-8,11-13H,5-6,9-10,14-15H2,1-4H3. The Morgan fingerprint density at radius 1 is 1.11 bits per heavy atom. The monoisotopic (exact) mass is 372 g/mol. The Bertz CT molecular complexity index is 786. The average molecular weight is 372 g/mol. The third kappa shape index (κ3) is 4.14. The smallest absolute Gasteiger partial charge is 0.213 e. The first-order valence-corrected chi connectivity index (χ1v) is 9.46. The maximum absolute atomic E-state index is 14.7. The molecule has 0 spiro atoms. The van der Waals surface area contributed by atoms with Gasteiger partial charge in [0.05, 0.1) is 19.9 Å². The van der Waals surface area contributed by atoms with Crippen LogP contribution in [0.3, 0.4) is 0 Å². The molecule has 0 aliphatic heterocycles. The summed E-state index contributed by atoms with van der Waals surface area (Å²) < 4.78 is 25.6. The van der Waals surface area contributed by atoms with Crippen LogP contribution in [-0.2, 0) is 16.7 Å². The van der Waals surface area contributed by atoms with Crippen LogP contribution in [0.5, 0.6) is 5.88 Å². The number of ether oxygens (including phenoxy) is 2. The normalized spacial score (nSPS) is 16.1. The predicted octanol–water partition coefficient (Wildman–Crippen LogP) is 4.42. The lowest BCUT2D eigenvalue weighted by molar-refractivity contribution is 0.132. The van der Waals surface area contributed by atoms with Gasteiger partial charge in [0.25, 0.3) is 0 Å². The second kappa shape index (κ2) is 8.36. The minimum atomic E-state index is -0.331. The first kappa shape index (κ1) is 19.8. The fourth-order valence-electron chi connectivity index (χ4n) is 4.29. The third-order valence-electron chi connectivity index (χ3n) is 5.46. The zero-order valence-electron chi connectivity index (χ0n) is 16.7. The van der Waals surface area contributed by atoms with E-state index in [1.54, 1.807) is 20.3 Å². The fourth-order valence-corrected chi connectivity index (χ4v) is 4.29. The summed E-state index contributed by atoms with van der Waals surface area (Å²) in [4.78, 5) is 6.14. The second-order valence-electron chi connectivity index (χ2n) is 7.74. The van der Waals surface area contributed by atoms with Gasteiger partial charge < -0.3 is 14.4 Å². The molecule has 2 aromatic rings. The van der Waals surface area contributed by atoms with Gasteiger partial charge in [0.1, 0.15) is 5.82 Å². The second-order valence-corrected chi connectivity index (χ2v) is 7.74. The SMILES string of the molecule is COCC1(c2cc(CN(C)C)ccc2-c2cc(OC)ncc2F)CCCC1. The number of halogens is 1. The van der Waals surface area contributed by atoms with E-state index in [9.17, 15) is 4.39 Å². The molecule has 1 saturated carbocycles. The molecule has 0 radical (unpaired) electrons. The van der Waals surface area contributed by atoms with Crippen molar-refractivity contribution < 1.29 is 13.9 Å². The van der Waals surface area contributed by atoms with E-state index in [0.29, 0.717) is 18.1 Å². The largest absolute Gasteiger partial charge is 0.481 e. The van der Waals surface area contributed by atoms with Crippen LogP contribution in [0.25, 0.3) is 11.1 Å². The number of aromatic nitrogens is 1. The molecule has 0 atom stereocenters. The van der Waals surface area contributed by atoms with E-state index >= 15 is 0 Å². The minimum Gasteiger partial charge on any atom is -0.481 e. The summed E-state index contributed by atoms with van der Waals surface area (Å²) >= 11 is 0. The topological polar surface area (TPSA) is 34.6 Å². The van der Waals surface area contributed by atoms with E-state index in [2.05, 4.69) is 36.1 Å². The molecule has 0 amide bonds. The van der Waals surface area contributed by atoms with Crippen molar-refractivity contribution >= 4 is 0 Å².